The number of ether oxygens (including phenoxy) is 3. The average Bonchev–Trinajstić information content (AvgIpc) is 2.77. The highest BCUT2D eigenvalue weighted by molar-refractivity contribution is 5.74. The number of benzene rings is 2. The molecule has 3 rings (SSSR count). The van der Waals surface area contributed by atoms with Crippen molar-refractivity contribution in [2.24, 2.45) is 5.73 Å². The molecule has 31 heavy (non-hydrogen) atoms. The Balaban J connectivity index is 2.01. The molecule has 0 saturated heterocycles. The van der Waals surface area contributed by atoms with Gasteiger partial charge in [0.1, 0.15) is 17.9 Å². The van der Waals surface area contributed by atoms with Crippen molar-refractivity contribution in [3.8, 4) is 11.9 Å². The summed E-state index contributed by atoms with van der Waals surface area (Å²) in [7, 11) is 2.93. The van der Waals surface area contributed by atoms with Crippen LogP contribution in [0.25, 0.3) is 0 Å². The van der Waals surface area contributed by atoms with Crippen molar-refractivity contribution < 1.29 is 23.9 Å². The molecule has 1 aliphatic rings. The van der Waals surface area contributed by atoms with Crippen LogP contribution in [0.5, 0.6) is 5.75 Å². The molecule has 6 N–H and O–H groups in total. The van der Waals surface area contributed by atoms with E-state index >= 15 is 0 Å². The first kappa shape index (κ1) is 22.4. The summed E-state index contributed by atoms with van der Waals surface area (Å²) in [6, 6.07) is 13.8. The zero-order chi connectivity index (χ0) is 22.6. The molecule has 9 heteroatoms. The van der Waals surface area contributed by atoms with E-state index in [1.807, 2.05) is 30.3 Å². The predicted octanol–water partition coefficient (Wildman–Crippen LogP) is 1.04. The van der Waals surface area contributed by atoms with Gasteiger partial charge in [0.05, 0.1) is 6.54 Å². The van der Waals surface area contributed by atoms with Crippen molar-refractivity contribution in [3.05, 3.63) is 59.7 Å². The molecule has 1 heterocycles. The number of anilines is 1. The van der Waals surface area contributed by atoms with Gasteiger partial charge in [0, 0.05) is 25.5 Å². The van der Waals surface area contributed by atoms with Crippen LogP contribution in [0.3, 0.4) is 0 Å². The quantitative estimate of drug-likeness (QED) is 0.102. The van der Waals surface area contributed by atoms with E-state index in [4.69, 9.17) is 25.7 Å². The molecular weight excluding hydrogens is 398 g/mol. The molecule has 0 amide bonds. The Morgan fingerprint density at radius 2 is 1.97 bits per heavy atom. The number of nitrogens with two attached hydrogens (primary N) is 2. The van der Waals surface area contributed by atoms with E-state index in [-0.39, 0.29) is 12.5 Å². The molecule has 0 aliphatic carbocycles. The molecule has 0 fully saturated rings. The van der Waals surface area contributed by atoms with Gasteiger partial charge in [-0.1, -0.05) is 30.3 Å². The smallest absolute Gasteiger partial charge is 0.326 e. The van der Waals surface area contributed by atoms with E-state index in [1.54, 1.807) is 25.1 Å². The zero-order valence-electron chi connectivity index (χ0n) is 17.8. The molecule has 1 aliphatic heterocycles. The third-order valence-electron chi connectivity index (χ3n) is 5.40. The van der Waals surface area contributed by atoms with Gasteiger partial charge < -0.3 is 30.8 Å². The Labute approximate surface area is 181 Å². The molecular formula is C22H28N5O4+. The van der Waals surface area contributed by atoms with E-state index in [0.717, 1.165) is 5.56 Å². The zero-order valence-corrected chi connectivity index (χ0v) is 17.8. The number of nitrogens with one attached hydrogen (secondary N) is 1. The number of nitrogen functional groups attached to an aromatic ring is 1. The van der Waals surface area contributed by atoms with Gasteiger partial charge in [0.2, 0.25) is 0 Å². The fourth-order valence-electron chi connectivity index (χ4n) is 3.79. The fraction of sp³-hybridized carbons (Fsp3) is 0.364. The maximum atomic E-state index is 11.3. The Hall–Kier alpha value is -3.32. The average molecular weight is 426 g/mol. The largest absolute Gasteiger partial charge is 0.479 e. The summed E-state index contributed by atoms with van der Waals surface area (Å²) in [4.78, 5) is 0. The molecule has 0 spiro atoms. The number of guanidine groups is 1. The fourth-order valence-corrected chi connectivity index (χ4v) is 3.79. The van der Waals surface area contributed by atoms with Crippen molar-refractivity contribution in [1.82, 2.24) is 5.32 Å². The van der Waals surface area contributed by atoms with Crippen LogP contribution >= 0.6 is 0 Å². The van der Waals surface area contributed by atoms with Crippen LogP contribution in [0.1, 0.15) is 24.1 Å². The minimum absolute atomic E-state index is 0.0828. The van der Waals surface area contributed by atoms with E-state index < -0.39 is 24.0 Å². The Morgan fingerprint density at radius 1 is 1.29 bits per heavy atom. The molecule has 0 unspecified atom stereocenters. The number of aliphatic hydroxyl groups excluding tert-OH is 1. The van der Waals surface area contributed by atoms with Gasteiger partial charge in [0.25, 0.3) is 0 Å². The summed E-state index contributed by atoms with van der Waals surface area (Å²) in [5, 5.41) is 24.0. The van der Waals surface area contributed by atoms with Gasteiger partial charge in [-0.3, -0.25) is 5.32 Å². The first-order valence-corrected chi connectivity index (χ1v) is 9.76. The number of hydrogen-bond donors (Lipinski definition) is 4. The Kier molecular flexibility index (Phi) is 6.65. The Bertz CT molecular complexity index is 987. The number of fused-ring (bicyclic) bond motifs is 1. The van der Waals surface area contributed by atoms with Crippen LogP contribution < -0.4 is 21.5 Å². The Morgan fingerprint density at radius 3 is 2.58 bits per heavy atom. The second kappa shape index (κ2) is 9.22. The first-order chi connectivity index (χ1) is 14.8. The minimum atomic E-state index is -1.26. The monoisotopic (exact) mass is 426 g/mol. The van der Waals surface area contributed by atoms with Gasteiger partial charge >= 0.3 is 12.2 Å². The second-order valence-corrected chi connectivity index (χ2v) is 7.51. The van der Waals surface area contributed by atoms with E-state index in [9.17, 15) is 10.4 Å². The highest BCUT2D eigenvalue weighted by atomic mass is 16.7. The van der Waals surface area contributed by atoms with Crippen LogP contribution in [0, 0.1) is 11.5 Å². The van der Waals surface area contributed by atoms with Crippen molar-refractivity contribution in [1.29, 1.82) is 5.26 Å². The molecule has 2 aromatic carbocycles. The van der Waals surface area contributed by atoms with Gasteiger partial charge in [-0.2, -0.15) is 4.58 Å². The summed E-state index contributed by atoms with van der Waals surface area (Å²) >= 11 is 0. The van der Waals surface area contributed by atoms with Crippen molar-refractivity contribution in [2.75, 3.05) is 20.0 Å². The van der Waals surface area contributed by atoms with Gasteiger partial charge in [-0.25, -0.2) is 0 Å². The lowest BCUT2D eigenvalue weighted by Gasteiger charge is -2.46. The van der Waals surface area contributed by atoms with E-state index in [1.165, 1.54) is 18.8 Å². The lowest BCUT2D eigenvalue weighted by atomic mass is 9.84. The van der Waals surface area contributed by atoms with Gasteiger partial charge in [0.15, 0.2) is 11.9 Å². The van der Waals surface area contributed by atoms with Crippen LogP contribution in [0.15, 0.2) is 48.5 Å². The molecule has 0 radical (unpaired) electrons. The number of methoxy groups -OCH3 is 2. The topological polar surface area (TPSA) is 139 Å². The van der Waals surface area contributed by atoms with Crippen LogP contribution in [0.2, 0.25) is 0 Å². The summed E-state index contributed by atoms with van der Waals surface area (Å²) < 4.78 is 18.2. The third-order valence-corrected chi connectivity index (χ3v) is 5.40. The summed E-state index contributed by atoms with van der Waals surface area (Å²) in [5.41, 5.74) is 13.0. The molecule has 3 atom stereocenters. The lowest BCUT2D eigenvalue weighted by Crippen LogP contribution is -2.63. The normalized spacial score (nSPS) is 23.4. The first-order valence-electron chi connectivity index (χ1n) is 9.76. The third kappa shape index (κ3) is 4.41. The molecule has 2 aromatic rings. The van der Waals surface area contributed by atoms with Crippen molar-refractivity contribution in [3.63, 3.8) is 0 Å². The standard InChI is InChI=1S/C22H27N5O4/c1-22(20(29-2)30-3)19(28)18(16-11-15(24)9-10-17(16)31-22)26-21(25)27(13-23)12-14-7-5-4-6-8-14/h4-11,18-20,28H,12,24H2,1-3H3,(H2,25,26)/p+1/t18-,19+,22+/m1/s1. The summed E-state index contributed by atoms with van der Waals surface area (Å²) in [6.07, 6.45) is 0.0617. The summed E-state index contributed by atoms with van der Waals surface area (Å²) in [6.45, 7) is 1.96. The van der Waals surface area contributed by atoms with Crippen LogP contribution in [-0.2, 0) is 16.0 Å². The highest BCUT2D eigenvalue weighted by Gasteiger charge is 2.53. The van der Waals surface area contributed by atoms with Crippen molar-refractivity contribution in [2.45, 2.75) is 37.5 Å². The maximum absolute atomic E-state index is 11.3. The number of nitrogens with zero attached hydrogens (tertiary/aromatic N) is 2. The van der Waals surface area contributed by atoms with E-state index in [0.29, 0.717) is 17.0 Å². The van der Waals surface area contributed by atoms with Crippen LogP contribution in [-0.4, -0.2) is 47.9 Å². The number of aliphatic hydroxyl groups is 1. The van der Waals surface area contributed by atoms with Gasteiger partial charge in [-0.05, 0) is 35.9 Å². The molecule has 0 saturated carbocycles. The van der Waals surface area contributed by atoms with Crippen LogP contribution in [0.4, 0.5) is 5.69 Å². The van der Waals surface area contributed by atoms with Crippen molar-refractivity contribution >= 4 is 11.6 Å². The predicted molar refractivity (Wildman–Crippen MR) is 115 cm³/mol. The maximum Gasteiger partial charge on any atom is 0.326 e. The molecule has 0 aromatic heterocycles. The number of hydrogen-bond acceptors (Lipinski definition) is 6. The number of rotatable bonds is 6. The second-order valence-electron chi connectivity index (χ2n) is 7.51. The lowest BCUT2D eigenvalue weighted by molar-refractivity contribution is -0.460. The van der Waals surface area contributed by atoms with E-state index in [2.05, 4.69) is 11.5 Å². The molecule has 9 nitrogen and oxygen atoms in total. The SMILES string of the molecule is COC(OC)[C@@]1(C)Oc2ccc(N)cc2[C@@H](NC(N)=[N+](C#N)Cc2ccccc2)[C@@H]1O. The highest BCUT2D eigenvalue weighted by Crippen LogP contribution is 2.42. The molecule has 0 bridgehead atoms. The van der Waals surface area contributed by atoms with Gasteiger partial charge in [-0.15, -0.1) is 0 Å². The number of nitriles is 1. The summed E-state index contributed by atoms with van der Waals surface area (Å²) in [5.74, 6) is 0.581. The molecule has 164 valence electrons. The minimum Gasteiger partial charge on any atom is -0.479 e.